The van der Waals surface area contributed by atoms with Crippen LogP contribution < -0.4 is 24.8 Å². The Morgan fingerprint density at radius 2 is 1.38 bits per heavy atom. The third kappa shape index (κ3) is 6.00. The molecule has 1 aliphatic carbocycles. The van der Waals surface area contributed by atoms with Gasteiger partial charge in [-0.15, -0.1) is 41.0 Å². The molecule has 3 aromatic rings. The summed E-state index contributed by atoms with van der Waals surface area (Å²) in [5.74, 6) is 0. The van der Waals surface area contributed by atoms with E-state index < -0.39 is 0 Å². The van der Waals surface area contributed by atoms with Crippen LogP contribution in [0.4, 0.5) is 0 Å². The number of allylic oxidation sites excluding steroid dienone is 4. The minimum atomic E-state index is 0. The zero-order chi connectivity index (χ0) is 18.9. The first-order chi connectivity index (χ1) is 12.3. The van der Waals surface area contributed by atoms with Crippen LogP contribution in [0.1, 0.15) is 40.2 Å². The van der Waals surface area contributed by atoms with Gasteiger partial charge >= 0.3 is 25.8 Å². The van der Waals surface area contributed by atoms with Gasteiger partial charge in [0.1, 0.15) is 0 Å². The summed E-state index contributed by atoms with van der Waals surface area (Å²) >= 11 is 0. The summed E-state index contributed by atoms with van der Waals surface area (Å²) in [6.45, 7) is 13.1. The quantitative estimate of drug-likeness (QED) is 0.299. The number of halogens is 2. The van der Waals surface area contributed by atoms with E-state index in [1.165, 1.54) is 44.2 Å². The van der Waals surface area contributed by atoms with Crippen LogP contribution in [-0.2, 0) is 25.8 Å². The molecular formula is C26H28Cl2Hf. The molecule has 0 nitrogen and oxygen atoms in total. The Bertz CT molecular complexity index is 992. The Labute approximate surface area is 207 Å². The Kier molecular flexibility index (Phi) is 11.0. The van der Waals surface area contributed by atoms with Crippen LogP contribution in [0.3, 0.4) is 0 Å². The SMILES string of the molecule is CC1=[C-]C(C)(C)C(C)=C1C.C[c-]1c(-c2ccccc2)cc2ccccc21.[Cl-].[Cl-].[Hf+4]. The number of benzene rings is 2. The fourth-order valence-corrected chi connectivity index (χ4v) is 3.70. The summed E-state index contributed by atoms with van der Waals surface area (Å²) in [5.41, 5.74) is 8.42. The molecule has 0 fully saturated rings. The molecule has 0 saturated heterocycles. The van der Waals surface area contributed by atoms with Crippen LogP contribution in [0, 0.1) is 18.4 Å². The second-order valence-corrected chi connectivity index (χ2v) is 7.76. The van der Waals surface area contributed by atoms with Crippen molar-refractivity contribution in [1.82, 2.24) is 0 Å². The Morgan fingerprint density at radius 3 is 1.83 bits per heavy atom. The summed E-state index contributed by atoms with van der Waals surface area (Å²) in [7, 11) is 0. The van der Waals surface area contributed by atoms with E-state index in [4.69, 9.17) is 0 Å². The summed E-state index contributed by atoms with van der Waals surface area (Å²) in [4.78, 5) is 0. The van der Waals surface area contributed by atoms with E-state index >= 15 is 0 Å². The molecule has 3 aromatic carbocycles. The Hall–Kier alpha value is -1.02. The van der Waals surface area contributed by atoms with Crippen LogP contribution in [0.15, 0.2) is 77.4 Å². The van der Waals surface area contributed by atoms with Crippen molar-refractivity contribution < 1.29 is 50.7 Å². The summed E-state index contributed by atoms with van der Waals surface area (Å²) in [5, 5.41) is 2.69. The van der Waals surface area contributed by atoms with Crippen molar-refractivity contribution in [2.75, 3.05) is 0 Å². The third-order valence-electron chi connectivity index (χ3n) is 5.72. The monoisotopic (exact) mass is 590 g/mol. The average molecular weight is 590 g/mol. The predicted octanol–water partition coefficient (Wildman–Crippen LogP) is 1.65. The van der Waals surface area contributed by atoms with Crippen molar-refractivity contribution in [3.05, 3.63) is 89.0 Å². The Balaban J connectivity index is 0.000000535. The molecule has 1 aliphatic rings. The normalized spacial score (nSPS) is 14.1. The van der Waals surface area contributed by atoms with E-state index in [0.29, 0.717) is 0 Å². The maximum absolute atomic E-state index is 3.44. The largest absolute Gasteiger partial charge is 4.00 e. The van der Waals surface area contributed by atoms with Crippen molar-refractivity contribution in [3.8, 4) is 11.1 Å². The first kappa shape index (κ1) is 28.0. The molecule has 0 aliphatic heterocycles. The molecule has 0 atom stereocenters. The van der Waals surface area contributed by atoms with E-state index in [1.807, 2.05) is 0 Å². The predicted molar refractivity (Wildman–Crippen MR) is 114 cm³/mol. The fourth-order valence-electron chi connectivity index (χ4n) is 3.70. The minimum absolute atomic E-state index is 0. The smallest absolute Gasteiger partial charge is 1.00 e. The molecule has 3 heteroatoms. The maximum atomic E-state index is 3.44. The van der Waals surface area contributed by atoms with E-state index in [9.17, 15) is 0 Å². The van der Waals surface area contributed by atoms with Crippen LogP contribution in [-0.4, -0.2) is 0 Å². The molecule has 150 valence electrons. The first-order valence-electron chi connectivity index (χ1n) is 9.32. The van der Waals surface area contributed by atoms with E-state index in [-0.39, 0.29) is 56.1 Å². The standard InChI is InChI=1S/C16H13.C10H15.2ClH.Hf/c1-12-15-10-6-5-9-14(15)11-16(12)13-7-3-2-4-8-13;1-7-6-10(4,5)9(3)8(7)2;;;/h2-11H,1H3;1-5H3;2*1H;/q2*-1;;;+4/p-2. The van der Waals surface area contributed by atoms with Gasteiger partial charge in [0.15, 0.2) is 0 Å². The van der Waals surface area contributed by atoms with Gasteiger partial charge in [-0.3, -0.25) is 6.08 Å². The van der Waals surface area contributed by atoms with Crippen LogP contribution in [0.2, 0.25) is 0 Å². The topological polar surface area (TPSA) is 0 Å². The van der Waals surface area contributed by atoms with E-state index in [1.54, 1.807) is 0 Å². The maximum Gasteiger partial charge on any atom is 4.00 e. The molecule has 0 heterocycles. The zero-order valence-electron chi connectivity index (χ0n) is 18.0. The molecule has 4 rings (SSSR count). The van der Waals surface area contributed by atoms with Gasteiger partial charge < -0.3 is 24.8 Å². The third-order valence-corrected chi connectivity index (χ3v) is 5.72. The first-order valence-corrected chi connectivity index (χ1v) is 9.32. The van der Waals surface area contributed by atoms with Gasteiger partial charge in [-0.25, -0.2) is 5.57 Å². The summed E-state index contributed by atoms with van der Waals surface area (Å²) in [6.07, 6.45) is 3.44. The van der Waals surface area contributed by atoms with Crippen molar-refractivity contribution in [2.45, 2.75) is 41.5 Å². The minimum Gasteiger partial charge on any atom is -1.00 e. The van der Waals surface area contributed by atoms with Gasteiger partial charge in [0.2, 0.25) is 0 Å². The van der Waals surface area contributed by atoms with Gasteiger partial charge in [0.05, 0.1) is 0 Å². The van der Waals surface area contributed by atoms with Gasteiger partial charge in [0.25, 0.3) is 0 Å². The number of hydrogen-bond donors (Lipinski definition) is 0. The zero-order valence-corrected chi connectivity index (χ0v) is 23.1. The van der Waals surface area contributed by atoms with Crippen molar-refractivity contribution in [1.29, 1.82) is 0 Å². The van der Waals surface area contributed by atoms with E-state index in [0.717, 1.165) is 0 Å². The van der Waals surface area contributed by atoms with Crippen LogP contribution in [0.5, 0.6) is 0 Å². The van der Waals surface area contributed by atoms with Crippen molar-refractivity contribution >= 4 is 10.8 Å². The number of rotatable bonds is 1. The number of aryl methyl sites for hydroxylation is 1. The summed E-state index contributed by atoms with van der Waals surface area (Å²) < 4.78 is 0. The molecule has 0 N–H and O–H groups in total. The number of fused-ring (bicyclic) bond motifs is 1. The molecule has 0 saturated carbocycles. The second kappa shape index (κ2) is 11.4. The van der Waals surface area contributed by atoms with Gasteiger partial charge in [-0.05, 0) is 0 Å². The molecule has 0 unspecified atom stereocenters. The second-order valence-electron chi connectivity index (χ2n) is 7.76. The average Bonchev–Trinajstić information content (AvgIpc) is 3.06. The molecule has 0 spiro atoms. The molecule has 0 bridgehead atoms. The summed E-state index contributed by atoms with van der Waals surface area (Å²) in [6, 6.07) is 21.4. The van der Waals surface area contributed by atoms with E-state index in [2.05, 4.69) is 108 Å². The Morgan fingerprint density at radius 1 is 0.828 bits per heavy atom. The molecule has 0 radical (unpaired) electrons. The molecule has 29 heavy (non-hydrogen) atoms. The van der Waals surface area contributed by atoms with Crippen molar-refractivity contribution in [2.24, 2.45) is 5.41 Å². The fraction of sp³-hybridized carbons (Fsp3) is 0.269. The van der Waals surface area contributed by atoms with Gasteiger partial charge in [-0.2, -0.15) is 11.1 Å². The number of hydrogen-bond acceptors (Lipinski definition) is 0. The van der Waals surface area contributed by atoms with Crippen LogP contribution >= 0.6 is 0 Å². The van der Waals surface area contributed by atoms with Gasteiger partial charge in [-0.1, -0.05) is 94.1 Å². The van der Waals surface area contributed by atoms with Crippen molar-refractivity contribution in [3.63, 3.8) is 0 Å². The molecular weight excluding hydrogens is 562 g/mol. The molecule has 0 amide bonds. The van der Waals surface area contributed by atoms with Crippen LogP contribution in [0.25, 0.3) is 21.9 Å². The van der Waals surface area contributed by atoms with Gasteiger partial charge in [0, 0.05) is 0 Å². The molecule has 0 aromatic heterocycles.